The Bertz CT molecular complexity index is 338. The molecular weight excluding hydrogens is 214 g/mol. The highest BCUT2D eigenvalue weighted by Gasteiger charge is 2.22. The van der Waals surface area contributed by atoms with E-state index in [0.717, 1.165) is 10.0 Å². The summed E-state index contributed by atoms with van der Waals surface area (Å²) in [6.45, 7) is 0.238. The molecule has 0 radical (unpaired) electrons. The number of thiazole rings is 1. The Labute approximate surface area is 92.9 Å². The van der Waals surface area contributed by atoms with Crippen LogP contribution in [0.1, 0.15) is 10.8 Å². The molecule has 1 rings (SSSR count). The normalized spacial score (nSPS) is 12.3. The maximum Gasteiger partial charge on any atom is 0.315 e. The summed E-state index contributed by atoms with van der Waals surface area (Å²) in [6.07, 6.45) is 1.68. The summed E-state index contributed by atoms with van der Waals surface area (Å²) in [6, 6.07) is 0. The average molecular weight is 229 g/mol. The zero-order valence-electron chi connectivity index (χ0n) is 9.06. The van der Waals surface area contributed by atoms with Crippen molar-refractivity contribution in [3.63, 3.8) is 0 Å². The lowest BCUT2D eigenvalue weighted by Gasteiger charge is -2.09. The fraction of sp³-hybridized carbons (Fsp3) is 0.556. The smallest absolute Gasteiger partial charge is 0.315 e. The molecule has 0 bridgehead atoms. The monoisotopic (exact) mass is 229 g/mol. The number of aromatic nitrogens is 1. The first-order valence-electron chi connectivity index (χ1n) is 4.51. The van der Waals surface area contributed by atoms with Crippen molar-refractivity contribution in [1.82, 2.24) is 4.98 Å². The van der Waals surface area contributed by atoms with Crippen LogP contribution in [0.4, 0.5) is 5.13 Å². The van der Waals surface area contributed by atoms with Gasteiger partial charge in [0, 0.05) is 31.7 Å². The summed E-state index contributed by atoms with van der Waals surface area (Å²) in [7, 11) is 5.16. The van der Waals surface area contributed by atoms with Crippen LogP contribution < -0.4 is 10.6 Å². The van der Waals surface area contributed by atoms with Gasteiger partial charge in [0.2, 0.25) is 0 Å². The van der Waals surface area contributed by atoms with Crippen molar-refractivity contribution in [2.75, 3.05) is 32.6 Å². The summed E-state index contributed by atoms with van der Waals surface area (Å²) in [5.74, 6) is -0.715. The van der Waals surface area contributed by atoms with E-state index in [1.807, 2.05) is 19.0 Å². The van der Waals surface area contributed by atoms with Crippen LogP contribution >= 0.6 is 11.3 Å². The van der Waals surface area contributed by atoms with Crippen molar-refractivity contribution in [2.24, 2.45) is 5.73 Å². The molecule has 0 aliphatic heterocycles. The minimum atomic E-state index is -0.402. The molecule has 1 aromatic rings. The molecule has 0 aliphatic carbocycles. The number of methoxy groups -OCH3 is 1. The van der Waals surface area contributed by atoms with Crippen molar-refractivity contribution in [2.45, 2.75) is 5.92 Å². The van der Waals surface area contributed by atoms with Crippen molar-refractivity contribution >= 4 is 22.4 Å². The fourth-order valence-electron chi connectivity index (χ4n) is 1.12. The van der Waals surface area contributed by atoms with Gasteiger partial charge in [-0.05, 0) is 0 Å². The standard InChI is InChI=1S/C9H15N3O2S/c1-12(2)9-11-5-7(15-9)6(4-10)8(13)14-3/h5-6H,4,10H2,1-3H3. The van der Waals surface area contributed by atoms with E-state index >= 15 is 0 Å². The number of carbonyl (C=O) groups is 1. The quantitative estimate of drug-likeness (QED) is 0.758. The molecule has 15 heavy (non-hydrogen) atoms. The lowest BCUT2D eigenvalue weighted by molar-refractivity contribution is -0.142. The van der Waals surface area contributed by atoms with E-state index in [4.69, 9.17) is 5.73 Å². The Kier molecular flexibility index (Phi) is 4.05. The number of anilines is 1. The second-order valence-corrected chi connectivity index (χ2v) is 4.29. The number of esters is 1. The first kappa shape index (κ1) is 11.9. The molecule has 1 heterocycles. The highest BCUT2D eigenvalue weighted by atomic mass is 32.1. The summed E-state index contributed by atoms with van der Waals surface area (Å²) < 4.78 is 4.67. The van der Waals surface area contributed by atoms with E-state index in [0.29, 0.717) is 0 Å². The summed E-state index contributed by atoms with van der Waals surface area (Å²) >= 11 is 1.45. The van der Waals surface area contributed by atoms with Crippen LogP contribution in [0, 0.1) is 0 Å². The van der Waals surface area contributed by atoms with Crippen LogP contribution in [0.2, 0.25) is 0 Å². The third-order valence-electron chi connectivity index (χ3n) is 1.96. The van der Waals surface area contributed by atoms with Gasteiger partial charge in [0.05, 0.1) is 7.11 Å². The van der Waals surface area contributed by atoms with Gasteiger partial charge in [-0.2, -0.15) is 0 Å². The van der Waals surface area contributed by atoms with Gasteiger partial charge in [-0.3, -0.25) is 4.79 Å². The van der Waals surface area contributed by atoms with E-state index in [-0.39, 0.29) is 12.5 Å². The van der Waals surface area contributed by atoms with E-state index < -0.39 is 5.92 Å². The Morgan fingerprint density at radius 2 is 2.40 bits per heavy atom. The van der Waals surface area contributed by atoms with E-state index in [1.165, 1.54) is 18.4 Å². The first-order valence-corrected chi connectivity index (χ1v) is 5.32. The summed E-state index contributed by atoms with van der Waals surface area (Å²) in [5, 5.41) is 0.854. The highest BCUT2D eigenvalue weighted by Crippen LogP contribution is 2.27. The van der Waals surface area contributed by atoms with Gasteiger partial charge in [0.1, 0.15) is 5.92 Å². The molecule has 2 N–H and O–H groups in total. The summed E-state index contributed by atoms with van der Waals surface area (Å²) in [4.78, 5) is 18.3. The van der Waals surface area contributed by atoms with Gasteiger partial charge < -0.3 is 15.4 Å². The van der Waals surface area contributed by atoms with Crippen molar-refractivity contribution in [3.05, 3.63) is 11.1 Å². The van der Waals surface area contributed by atoms with Crippen molar-refractivity contribution in [3.8, 4) is 0 Å². The lowest BCUT2D eigenvalue weighted by atomic mass is 10.1. The molecule has 0 saturated carbocycles. The van der Waals surface area contributed by atoms with E-state index in [9.17, 15) is 4.79 Å². The van der Waals surface area contributed by atoms with Gasteiger partial charge >= 0.3 is 5.97 Å². The molecule has 1 atom stereocenters. The Morgan fingerprint density at radius 1 is 1.73 bits per heavy atom. The largest absolute Gasteiger partial charge is 0.468 e. The molecule has 1 aromatic heterocycles. The third kappa shape index (κ3) is 2.66. The second-order valence-electron chi connectivity index (χ2n) is 3.25. The van der Waals surface area contributed by atoms with E-state index in [1.54, 1.807) is 6.20 Å². The maximum atomic E-state index is 11.4. The molecule has 0 aliphatic rings. The lowest BCUT2D eigenvalue weighted by Crippen LogP contribution is -2.21. The minimum Gasteiger partial charge on any atom is -0.468 e. The predicted molar refractivity (Wildman–Crippen MR) is 60.3 cm³/mol. The average Bonchev–Trinajstić information content (AvgIpc) is 2.68. The molecule has 0 fully saturated rings. The van der Waals surface area contributed by atoms with Crippen LogP contribution in [0.3, 0.4) is 0 Å². The Balaban J connectivity index is 2.88. The molecular formula is C9H15N3O2S. The number of ether oxygens (including phenoxy) is 1. The minimum absolute atomic E-state index is 0.238. The SMILES string of the molecule is COC(=O)C(CN)c1cnc(N(C)C)s1. The molecule has 0 saturated heterocycles. The number of nitrogens with zero attached hydrogens (tertiary/aromatic N) is 2. The topological polar surface area (TPSA) is 68.5 Å². The zero-order chi connectivity index (χ0) is 11.4. The molecule has 1 unspecified atom stereocenters. The Hall–Kier alpha value is -1.14. The predicted octanol–water partition coefficient (Wildman–Crippen LogP) is 0.424. The molecule has 6 heteroatoms. The first-order chi connectivity index (χ1) is 7.10. The molecule has 0 spiro atoms. The molecule has 5 nitrogen and oxygen atoms in total. The maximum absolute atomic E-state index is 11.4. The summed E-state index contributed by atoms with van der Waals surface area (Å²) in [5.41, 5.74) is 5.53. The van der Waals surface area contributed by atoms with Crippen LogP contribution in [0.15, 0.2) is 6.20 Å². The fourth-order valence-corrected chi connectivity index (χ4v) is 2.05. The molecule has 84 valence electrons. The number of nitrogens with two attached hydrogens (primary N) is 1. The third-order valence-corrected chi connectivity index (χ3v) is 3.24. The van der Waals surface area contributed by atoms with Gasteiger partial charge in [0.15, 0.2) is 5.13 Å². The van der Waals surface area contributed by atoms with Crippen LogP contribution in [0.25, 0.3) is 0 Å². The number of hydrogen-bond acceptors (Lipinski definition) is 6. The Morgan fingerprint density at radius 3 is 2.80 bits per heavy atom. The van der Waals surface area contributed by atoms with Gasteiger partial charge in [-0.25, -0.2) is 4.98 Å². The van der Waals surface area contributed by atoms with Gasteiger partial charge in [-0.1, -0.05) is 0 Å². The highest BCUT2D eigenvalue weighted by molar-refractivity contribution is 7.15. The number of carbonyl (C=O) groups excluding carboxylic acids is 1. The van der Waals surface area contributed by atoms with Crippen LogP contribution in [0.5, 0.6) is 0 Å². The van der Waals surface area contributed by atoms with E-state index in [2.05, 4.69) is 9.72 Å². The van der Waals surface area contributed by atoms with Crippen LogP contribution in [-0.4, -0.2) is 38.7 Å². The number of rotatable bonds is 4. The second kappa shape index (κ2) is 5.09. The molecule has 0 amide bonds. The van der Waals surface area contributed by atoms with Gasteiger partial charge in [0.25, 0.3) is 0 Å². The zero-order valence-corrected chi connectivity index (χ0v) is 9.87. The van der Waals surface area contributed by atoms with Crippen molar-refractivity contribution < 1.29 is 9.53 Å². The van der Waals surface area contributed by atoms with Gasteiger partial charge in [-0.15, -0.1) is 11.3 Å². The van der Waals surface area contributed by atoms with Crippen LogP contribution in [-0.2, 0) is 9.53 Å². The van der Waals surface area contributed by atoms with Crippen molar-refractivity contribution in [1.29, 1.82) is 0 Å². The number of hydrogen-bond donors (Lipinski definition) is 1. The molecule has 0 aromatic carbocycles.